The zero-order chi connectivity index (χ0) is 19.7. The van der Waals surface area contributed by atoms with Gasteiger partial charge in [0.1, 0.15) is 5.75 Å². The monoisotopic (exact) mass is 380 g/mol. The van der Waals surface area contributed by atoms with Crippen LogP contribution in [0.3, 0.4) is 0 Å². The van der Waals surface area contributed by atoms with Crippen molar-refractivity contribution in [2.45, 2.75) is 78.2 Å². The van der Waals surface area contributed by atoms with Crippen molar-refractivity contribution in [2.75, 3.05) is 0 Å². The van der Waals surface area contributed by atoms with Crippen LogP contribution in [-0.2, 0) is 0 Å². The van der Waals surface area contributed by atoms with Gasteiger partial charge in [0.05, 0.1) is 5.92 Å². The third kappa shape index (κ3) is 6.44. The third-order valence-electron chi connectivity index (χ3n) is 4.75. The van der Waals surface area contributed by atoms with Crippen LogP contribution < -0.4 is 4.74 Å². The Morgan fingerprint density at radius 3 is 2.00 bits per heavy atom. The fraction of sp³-hybridized carbons (Fsp3) is 0.700. The molecule has 26 heavy (non-hydrogen) atoms. The maximum Gasteiger partial charge on any atom is 0.400 e. The summed E-state index contributed by atoms with van der Waals surface area (Å²) in [5.74, 6) is -6.00. The van der Waals surface area contributed by atoms with E-state index >= 15 is 0 Å². The highest BCUT2D eigenvalue weighted by atomic mass is 19.3. The fourth-order valence-electron chi connectivity index (χ4n) is 3.30. The van der Waals surface area contributed by atoms with Crippen molar-refractivity contribution >= 4 is 0 Å². The Bertz CT molecular complexity index is 516. The first-order chi connectivity index (χ1) is 12.3. The van der Waals surface area contributed by atoms with Gasteiger partial charge in [-0.25, -0.2) is 13.2 Å². The lowest BCUT2D eigenvalue weighted by Crippen LogP contribution is -2.37. The van der Waals surface area contributed by atoms with Crippen molar-refractivity contribution < 1.29 is 26.7 Å². The summed E-state index contributed by atoms with van der Waals surface area (Å²) in [6, 6.07) is 0.894. The van der Waals surface area contributed by atoms with Gasteiger partial charge in [0.2, 0.25) is 0 Å². The molecule has 1 aliphatic carbocycles. The van der Waals surface area contributed by atoms with Gasteiger partial charge in [0.25, 0.3) is 0 Å². The van der Waals surface area contributed by atoms with Crippen LogP contribution in [0.25, 0.3) is 0 Å². The Morgan fingerprint density at radius 1 is 0.962 bits per heavy atom. The molecular formula is C20H29F5O. The van der Waals surface area contributed by atoms with E-state index in [0.29, 0.717) is 43.7 Å². The zero-order valence-corrected chi connectivity index (χ0v) is 15.8. The summed E-state index contributed by atoms with van der Waals surface area (Å²) in [7, 11) is 0. The molecule has 0 spiro atoms. The molecule has 0 N–H and O–H groups in total. The lowest BCUT2D eigenvalue weighted by Gasteiger charge is -2.33. The van der Waals surface area contributed by atoms with Crippen molar-refractivity contribution in [2.24, 2.45) is 11.8 Å². The van der Waals surface area contributed by atoms with Crippen LogP contribution in [-0.4, -0.2) is 6.11 Å². The van der Waals surface area contributed by atoms with E-state index in [2.05, 4.69) is 11.7 Å². The predicted octanol–water partition coefficient (Wildman–Crippen LogP) is 7.49. The molecule has 0 aliphatic heterocycles. The number of benzene rings is 1. The highest BCUT2D eigenvalue weighted by Crippen LogP contribution is 2.41. The molecule has 1 fully saturated rings. The summed E-state index contributed by atoms with van der Waals surface area (Å²) in [6.45, 7) is 6.12. The summed E-state index contributed by atoms with van der Waals surface area (Å²) >= 11 is 0. The second-order valence-corrected chi connectivity index (χ2v) is 6.58. The summed E-state index contributed by atoms with van der Waals surface area (Å²) < 4.78 is 72.1. The first-order valence-electron chi connectivity index (χ1n) is 9.54. The molecule has 6 heteroatoms. The molecule has 0 bridgehead atoms. The maximum absolute atomic E-state index is 14.2. The third-order valence-corrected chi connectivity index (χ3v) is 4.75. The average Bonchev–Trinajstić information content (AvgIpc) is 2.62. The quantitative estimate of drug-likeness (QED) is 0.270. The van der Waals surface area contributed by atoms with Crippen molar-refractivity contribution in [1.82, 2.24) is 0 Å². The molecule has 0 amide bonds. The minimum atomic E-state index is -3.52. The SMILES string of the molecule is CC.CCCCCC1CCC(C(F)(F)Oc2cc(F)c(F)c(F)c2)CC1. The molecule has 150 valence electrons. The van der Waals surface area contributed by atoms with Crippen LogP contribution >= 0.6 is 0 Å². The van der Waals surface area contributed by atoms with Crippen molar-refractivity contribution in [1.29, 1.82) is 0 Å². The molecule has 1 aliphatic rings. The van der Waals surface area contributed by atoms with E-state index in [4.69, 9.17) is 0 Å². The molecule has 0 radical (unpaired) electrons. The van der Waals surface area contributed by atoms with E-state index in [1.54, 1.807) is 0 Å². The second-order valence-electron chi connectivity index (χ2n) is 6.58. The lowest BCUT2D eigenvalue weighted by atomic mass is 9.79. The highest BCUT2D eigenvalue weighted by Gasteiger charge is 2.44. The number of hydrogen-bond acceptors (Lipinski definition) is 1. The number of alkyl halides is 2. The molecule has 1 nitrogen and oxygen atoms in total. The zero-order valence-electron chi connectivity index (χ0n) is 15.8. The van der Waals surface area contributed by atoms with E-state index in [-0.39, 0.29) is 0 Å². The lowest BCUT2D eigenvalue weighted by molar-refractivity contribution is -0.223. The average molecular weight is 380 g/mol. The van der Waals surface area contributed by atoms with Gasteiger partial charge in [-0.3, -0.25) is 0 Å². The normalized spacial score (nSPS) is 20.3. The summed E-state index contributed by atoms with van der Waals surface area (Å²) in [6.07, 6.45) is 2.98. The number of ether oxygens (including phenoxy) is 1. The van der Waals surface area contributed by atoms with Gasteiger partial charge >= 0.3 is 6.11 Å². The molecule has 1 aromatic rings. The molecule has 0 unspecified atom stereocenters. The smallest absolute Gasteiger partial charge is 0.400 e. The summed E-state index contributed by atoms with van der Waals surface area (Å²) in [4.78, 5) is 0. The predicted molar refractivity (Wildman–Crippen MR) is 92.8 cm³/mol. The number of hydrogen-bond donors (Lipinski definition) is 0. The van der Waals surface area contributed by atoms with Gasteiger partial charge in [0, 0.05) is 12.1 Å². The molecule has 1 saturated carbocycles. The molecule has 1 aromatic carbocycles. The van der Waals surface area contributed by atoms with Crippen LogP contribution in [0.2, 0.25) is 0 Å². The Labute approximate surface area is 152 Å². The van der Waals surface area contributed by atoms with Crippen LogP contribution in [0.5, 0.6) is 5.75 Å². The standard InChI is InChI=1S/C18H23F5O.C2H6/c1-2-3-4-5-12-6-8-13(9-7-12)18(22,23)24-14-10-15(19)17(21)16(20)11-14;1-2/h10-13H,2-9H2,1H3;1-2H3. The second kappa shape index (κ2) is 10.7. The van der Waals surface area contributed by atoms with Crippen LogP contribution in [0.15, 0.2) is 12.1 Å². The van der Waals surface area contributed by atoms with Gasteiger partial charge in [-0.05, 0) is 31.6 Å². The van der Waals surface area contributed by atoms with Gasteiger partial charge in [-0.1, -0.05) is 46.5 Å². The van der Waals surface area contributed by atoms with Gasteiger partial charge in [0.15, 0.2) is 17.5 Å². The van der Waals surface area contributed by atoms with Crippen molar-refractivity contribution in [3.8, 4) is 5.75 Å². The van der Waals surface area contributed by atoms with Crippen molar-refractivity contribution in [3.63, 3.8) is 0 Å². The molecular weight excluding hydrogens is 351 g/mol. The van der Waals surface area contributed by atoms with E-state index < -0.39 is 35.2 Å². The first-order valence-corrected chi connectivity index (χ1v) is 9.54. The summed E-state index contributed by atoms with van der Waals surface area (Å²) in [5.41, 5.74) is 0. The van der Waals surface area contributed by atoms with E-state index in [1.165, 1.54) is 0 Å². The number of unbranched alkanes of at least 4 members (excludes halogenated alkanes) is 2. The maximum atomic E-state index is 14.2. The minimum absolute atomic E-state index is 0.315. The van der Waals surface area contributed by atoms with E-state index in [9.17, 15) is 22.0 Å². The Balaban J connectivity index is 0.00000163. The summed E-state index contributed by atoms with van der Waals surface area (Å²) in [5, 5.41) is 0. The topological polar surface area (TPSA) is 9.23 Å². The first kappa shape index (κ1) is 22.7. The van der Waals surface area contributed by atoms with Crippen molar-refractivity contribution in [3.05, 3.63) is 29.6 Å². The van der Waals surface area contributed by atoms with Gasteiger partial charge < -0.3 is 4.74 Å². The highest BCUT2D eigenvalue weighted by molar-refractivity contribution is 5.25. The van der Waals surface area contributed by atoms with E-state index in [1.807, 2.05) is 13.8 Å². The Kier molecular flexibility index (Phi) is 9.37. The van der Waals surface area contributed by atoms with Gasteiger partial charge in [-0.2, -0.15) is 8.78 Å². The molecule has 0 atom stereocenters. The Hall–Kier alpha value is -1.33. The number of halogens is 5. The fourth-order valence-corrected chi connectivity index (χ4v) is 3.30. The molecule has 0 heterocycles. The van der Waals surface area contributed by atoms with Gasteiger partial charge in [-0.15, -0.1) is 0 Å². The minimum Gasteiger partial charge on any atom is -0.432 e. The number of rotatable bonds is 7. The largest absolute Gasteiger partial charge is 0.432 e. The molecule has 2 rings (SSSR count). The van der Waals surface area contributed by atoms with Crippen LogP contribution in [0.1, 0.15) is 72.1 Å². The Morgan fingerprint density at radius 2 is 1.50 bits per heavy atom. The van der Waals surface area contributed by atoms with Crippen LogP contribution in [0.4, 0.5) is 22.0 Å². The molecule has 0 aromatic heterocycles. The van der Waals surface area contributed by atoms with Crippen LogP contribution in [0, 0.1) is 29.3 Å². The van der Waals surface area contributed by atoms with E-state index in [0.717, 1.165) is 25.7 Å². The molecule has 0 saturated heterocycles.